The van der Waals surface area contributed by atoms with E-state index in [0.29, 0.717) is 6.54 Å². The lowest BCUT2D eigenvalue weighted by Crippen LogP contribution is -2.39. The van der Waals surface area contributed by atoms with E-state index in [1.807, 2.05) is 32.2 Å². The van der Waals surface area contributed by atoms with Crippen molar-refractivity contribution in [3.8, 4) is 0 Å². The molecule has 5 nitrogen and oxygen atoms in total. The molecule has 2 heterocycles. The van der Waals surface area contributed by atoms with Crippen molar-refractivity contribution in [1.82, 2.24) is 15.2 Å². The van der Waals surface area contributed by atoms with Crippen molar-refractivity contribution in [2.24, 2.45) is 10.9 Å². The fraction of sp³-hybridized carbons (Fsp3) is 0.647. The van der Waals surface area contributed by atoms with Gasteiger partial charge >= 0.3 is 0 Å². The molecule has 0 radical (unpaired) electrons. The highest BCUT2D eigenvalue weighted by Gasteiger charge is 2.15. The first kappa shape index (κ1) is 20.2. The molecular formula is C17H29IN4O. The van der Waals surface area contributed by atoms with Crippen LogP contribution < -0.4 is 5.32 Å². The first-order chi connectivity index (χ1) is 10.7. The fourth-order valence-electron chi connectivity index (χ4n) is 2.77. The van der Waals surface area contributed by atoms with Gasteiger partial charge in [0.2, 0.25) is 0 Å². The van der Waals surface area contributed by atoms with E-state index in [9.17, 15) is 0 Å². The number of halogens is 1. The van der Waals surface area contributed by atoms with Crippen LogP contribution in [-0.4, -0.2) is 49.7 Å². The number of guanidine groups is 1. The van der Waals surface area contributed by atoms with Crippen LogP contribution in [0.25, 0.3) is 0 Å². The lowest BCUT2D eigenvalue weighted by molar-refractivity contribution is 0.0625. The third kappa shape index (κ3) is 7.03. The Morgan fingerprint density at radius 2 is 2.13 bits per heavy atom. The van der Waals surface area contributed by atoms with Crippen LogP contribution in [-0.2, 0) is 11.3 Å². The van der Waals surface area contributed by atoms with Crippen LogP contribution in [0, 0.1) is 12.8 Å². The molecule has 0 bridgehead atoms. The minimum absolute atomic E-state index is 0. The molecule has 0 aliphatic carbocycles. The number of pyridine rings is 1. The predicted octanol–water partition coefficient (Wildman–Crippen LogP) is 2.83. The summed E-state index contributed by atoms with van der Waals surface area (Å²) in [6.07, 6.45) is 3.57. The van der Waals surface area contributed by atoms with E-state index in [1.165, 1.54) is 19.3 Å². The molecule has 1 aliphatic rings. The molecule has 1 aliphatic heterocycles. The Bertz CT molecular complexity index is 489. The SMILES string of the molecule is CN=C(NCc1cccc(C)n1)N(C)CCC1CCOCC1.I. The molecule has 1 N–H and O–H groups in total. The van der Waals surface area contributed by atoms with E-state index in [0.717, 1.165) is 43.0 Å². The van der Waals surface area contributed by atoms with Crippen LogP contribution in [0.4, 0.5) is 0 Å². The smallest absolute Gasteiger partial charge is 0.193 e. The number of ether oxygens (including phenoxy) is 1. The van der Waals surface area contributed by atoms with Crippen LogP contribution in [0.3, 0.4) is 0 Å². The molecule has 0 spiro atoms. The lowest BCUT2D eigenvalue weighted by Gasteiger charge is -2.26. The van der Waals surface area contributed by atoms with E-state index in [-0.39, 0.29) is 24.0 Å². The van der Waals surface area contributed by atoms with Crippen molar-refractivity contribution in [1.29, 1.82) is 0 Å². The maximum atomic E-state index is 5.42. The van der Waals surface area contributed by atoms with Gasteiger partial charge in [-0.05, 0) is 44.2 Å². The molecule has 1 aromatic rings. The van der Waals surface area contributed by atoms with Crippen LogP contribution in [0.15, 0.2) is 23.2 Å². The Hall–Kier alpha value is -0.890. The number of rotatable bonds is 5. The molecule has 130 valence electrons. The second-order valence-corrected chi connectivity index (χ2v) is 5.94. The Labute approximate surface area is 156 Å². The van der Waals surface area contributed by atoms with Gasteiger partial charge in [0.15, 0.2) is 5.96 Å². The summed E-state index contributed by atoms with van der Waals surface area (Å²) < 4.78 is 5.42. The van der Waals surface area contributed by atoms with Gasteiger partial charge < -0.3 is 15.0 Å². The number of aryl methyl sites for hydroxylation is 1. The maximum Gasteiger partial charge on any atom is 0.193 e. The summed E-state index contributed by atoms with van der Waals surface area (Å²) in [5.41, 5.74) is 2.08. The Morgan fingerprint density at radius 3 is 2.78 bits per heavy atom. The molecule has 23 heavy (non-hydrogen) atoms. The van der Waals surface area contributed by atoms with Gasteiger partial charge in [-0.1, -0.05) is 6.07 Å². The third-order valence-corrected chi connectivity index (χ3v) is 4.16. The summed E-state index contributed by atoms with van der Waals surface area (Å²) in [6.45, 7) is 5.57. The van der Waals surface area contributed by atoms with Crippen molar-refractivity contribution in [3.05, 3.63) is 29.6 Å². The third-order valence-electron chi connectivity index (χ3n) is 4.16. The number of aliphatic imine (C=N–C) groups is 1. The molecule has 1 aromatic heterocycles. The summed E-state index contributed by atoms with van der Waals surface area (Å²) in [5, 5.41) is 3.39. The highest BCUT2D eigenvalue weighted by atomic mass is 127. The van der Waals surface area contributed by atoms with E-state index < -0.39 is 0 Å². The highest BCUT2D eigenvalue weighted by molar-refractivity contribution is 14.0. The molecule has 0 aromatic carbocycles. The summed E-state index contributed by atoms with van der Waals surface area (Å²) >= 11 is 0. The van der Waals surface area contributed by atoms with Crippen molar-refractivity contribution in [3.63, 3.8) is 0 Å². The minimum atomic E-state index is 0. The molecule has 6 heteroatoms. The lowest BCUT2D eigenvalue weighted by atomic mass is 9.96. The number of nitrogens with zero attached hydrogens (tertiary/aromatic N) is 3. The van der Waals surface area contributed by atoms with Crippen molar-refractivity contribution >= 4 is 29.9 Å². The number of nitrogens with one attached hydrogen (secondary N) is 1. The summed E-state index contributed by atoms with van der Waals surface area (Å²) in [5.74, 6) is 1.71. The normalized spacial score (nSPS) is 15.9. The van der Waals surface area contributed by atoms with Gasteiger partial charge in [0.25, 0.3) is 0 Å². The van der Waals surface area contributed by atoms with E-state index in [1.54, 1.807) is 0 Å². The number of aromatic nitrogens is 1. The first-order valence-electron chi connectivity index (χ1n) is 8.11. The standard InChI is InChI=1S/C17H28N4O.HI/c1-14-5-4-6-16(20-14)13-19-17(18-2)21(3)10-7-15-8-11-22-12-9-15;/h4-6,15H,7-13H2,1-3H3,(H,18,19);1H. The second-order valence-electron chi connectivity index (χ2n) is 5.94. The Kier molecular flexibility index (Phi) is 9.47. The number of hydrogen-bond acceptors (Lipinski definition) is 3. The van der Waals surface area contributed by atoms with Gasteiger partial charge in [-0.3, -0.25) is 9.98 Å². The first-order valence-corrected chi connectivity index (χ1v) is 8.11. The Balaban J connectivity index is 0.00000264. The van der Waals surface area contributed by atoms with E-state index in [4.69, 9.17) is 4.74 Å². The summed E-state index contributed by atoms with van der Waals surface area (Å²) in [4.78, 5) is 11.1. The molecule has 0 atom stereocenters. The summed E-state index contributed by atoms with van der Waals surface area (Å²) in [7, 11) is 3.93. The van der Waals surface area contributed by atoms with Gasteiger partial charge in [-0.25, -0.2) is 0 Å². The van der Waals surface area contributed by atoms with Crippen LogP contribution in [0.5, 0.6) is 0 Å². The zero-order valence-corrected chi connectivity index (χ0v) is 16.7. The molecule has 1 saturated heterocycles. The van der Waals surface area contributed by atoms with Crippen LogP contribution in [0.2, 0.25) is 0 Å². The highest BCUT2D eigenvalue weighted by Crippen LogP contribution is 2.18. The van der Waals surface area contributed by atoms with Crippen LogP contribution in [0.1, 0.15) is 30.7 Å². The molecule has 1 fully saturated rings. The van der Waals surface area contributed by atoms with Gasteiger partial charge in [0.05, 0.1) is 12.2 Å². The molecule has 2 rings (SSSR count). The average Bonchev–Trinajstić information content (AvgIpc) is 2.54. The van der Waals surface area contributed by atoms with Crippen molar-refractivity contribution < 1.29 is 4.74 Å². The topological polar surface area (TPSA) is 49.8 Å². The second kappa shape index (κ2) is 10.8. The van der Waals surface area contributed by atoms with Gasteiger partial charge in [-0.2, -0.15) is 0 Å². The largest absolute Gasteiger partial charge is 0.381 e. The molecular weight excluding hydrogens is 403 g/mol. The predicted molar refractivity (Wildman–Crippen MR) is 105 cm³/mol. The monoisotopic (exact) mass is 432 g/mol. The van der Waals surface area contributed by atoms with Gasteiger partial charge in [0.1, 0.15) is 0 Å². The Morgan fingerprint density at radius 1 is 1.39 bits per heavy atom. The zero-order valence-electron chi connectivity index (χ0n) is 14.4. The van der Waals surface area contributed by atoms with Gasteiger partial charge in [-0.15, -0.1) is 24.0 Å². The molecule has 0 amide bonds. The average molecular weight is 432 g/mol. The van der Waals surface area contributed by atoms with Crippen molar-refractivity contribution in [2.75, 3.05) is 33.9 Å². The quantitative estimate of drug-likeness (QED) is 0.442. The minimum Gasteiger partial charge on any atom is -0.381 e. The number of hydrogen-bond donors (Lipinski definition) is 1. The van der Waals surface area contributed by atoms with E-state index in [2.05, 4.69) is 27.2 Å². The molecule has 0 unspecified atom stereocenters. The fourth-order valence-corrected chi connectivity index (χ4v) is 2.77. The molecule has 0 saturated carbocycles. The van der Waals surface area contributed by atoms with Crippen molar-refractivity contribution in [2.45, 2.75) is 32.7 Å². The zero-order chi connectivity index (χ0) is 15.8. The summed E-state index contributed by atoms with van der Waals surface area (Å²) in [6, 6.07) is 6.09. The van der Waals surface area contributed by atoms with Crippen LogP contribution >= 0.6 is 24.0 Å². The van der Waals surface area contributed by atoms with Gasteiger partial charge in [0, 0.05) is 39.5 Å². The van der Waals surface area contributed by atoms with E-state index >= 15 is 0 Å². The maximum absolute atomic E-state index is 5.42.